The summed E-state index contributed by atoms with van der Waals surface area (Å²) in [6.45, 7) is -1.26. The van der Waals surface area contributed by atoms with Gasteiger partial charge in [-0.2, -0.15) is 13.2 Å². The second-order valence-corrected chi connectivity index (χ2v) is 6.92. The number of oxazole rings is 1. The predicted octanol–water partition coefficient (Wildman–Crippen LogP) is 4.95. The van der Waals surface area contributed by atoms with E-state index in [1.54, 1.807) is 24.3 Å². The number of nitrogens with zero attached hydrogens (tertiary/aromatic N) is 1. The number of halogens is 5. The van der Waals surface area contributed by atoms with Gasteiger partial charge in [-0.1, -0.05) is 30.3 Å². The van der Waals surface area contributed by atoms with E-state index in [4.69, 9.17) is 4.42 Å². The Morgan fingerprint density at radius 2 is 1.69 bits per heavy atom. The van der Waals surface area contributed by atoms with E-state index >= 15 is 0 Å². The second kappa shape index (κ2) is 10.4. The average Bonchev–Trinajstić information content (AvgIpc) is 3.19. The molecule has 0 aliphatic rings. The van der Waals surface area contributed by atoms with Crippen molar-refractivity contribution in [1.29, 1.82) is 0 Å². The zero-order valence-electron chi connectivity index (χ0n) is 16.7. The molecule has 1 aromatic heterocycles. The Kier molecular flexibility index (Phi) is 7.57. The molecule has 1 heterocycles. The lowest BCUT2D eigenvalue weighted by atomic mass is 10.1. The highest BCUT2D eigenvalue weighted by Gasteiger charge is 2.27. The maximum absolute atomic E-state index is 13.8. The lowest BCUT2D eigenvalue weighted by Crippen LogP contribution is -2.23. The Morgan fingerprint density at radius 3 is 2.34 bits per heavy atom. The number of carbonyl (C=O) groups is 1. The molecule has 0 spiro atoms. The van der Waals surface area contributed by atoms with Gasteiger partial charge in [0.15, 0.2) is 11.7 Å². The number of aryl methyl sites for hydroxylation is 1. The lowest BCUT2D eigenvalue weighted by molar-refractivity contribution is -0.176. The molecule has 3 aromatic rings. The minimum Gasteiger partial charge on any atom is -0.441 e. The van der Waals surface area contributed by atoms with Crippen LogP contribution in [0.5, 0.6) is 0 Å². The molecule has 5 nitrogen and oxygen atoms in total. The normalized spacial score (nSPS) is 11.5. The summed E-state index contributed by atoms with van der Waals surface area (Å²) in [5.74, 6) is -1.73. The Hall–Kier alpha value is -3.27. The topological polar surface area (TPSA) is 64.4 Å². The largest absolute Gasteiger partial charge is 0.441 e. The summed E-state index contributed by atoms with van der Waals surface area (Å²) in [5, 5.41) is 2.70. The first-order valence-electron chi connectivity index (χ1n) is 9.59. The number of benzene rings is 2. The maximum Gasteiger partial charge on any atom is 0.411 e. The standard InChI is InChI=1S/C22H19F5N2O3/c23-16-2-1-3-17(24)21(16)18-11-29-20(32-18)9-8-19(30)28-10-14-4-6-15(7-5-14)12-31-13-22(25,26)27/h1-7,11H,8-10,12-13H2,(H,28,30). The van der Waals surface area contributed by atoms with E-state index in [1.807, 2.05) is 0 Å². The van der Waals surface area contributed by atoms with E-state index in [9.17, 15) is 26.7 Å². The van der Waals surface area contributed by atoms with Gasteiger partial charge >= 0.3 is 6.18 Å². The molecule has 0 unspecified atom stereocenters. The molecule has 170 valence electrons. The monoisotopic (exact) mass is 454 g/mol. The van der Waals surface area contributed by atoms with Crippen LogP contribution in [0.4, 0.5) is 22.0 Å². The SMILES string of the molecule is O=C(CCc1ncc(-c2c(F)cccc2F)o1)NCc1ccc(COCC(F)(F)F)cc1. The van der Waals surface area contributed by atoms with E-state index in [0.717, 1.165) is 17.7 Å². The summed E-state index contributed by atoms with van der Waals surface area (Å²) >= 11 is 0. The van der Waals surface area contributed by atoms with E-state index in [2.05, 4.69) is 15.0 Å². The summed E-state index contributed by atoms with van der Waals surface area (Å²) in [6.07, 6.45) is -2.99. The number of ether oxygens (including phenoxy) is 1. The maximum atomic E-state index is 13.8. The Balaban J connectivity index is 1.43. The van der Waals surface area contributed by atoms with Gasteiger partial charge in [-0.25, -0.2) is 13.8 Å². The molecule has 0 aliphatic heterocycles. The zero-order valence-corrected chi connectivity index (χ0v) is 16.7. The van der Waals surface area contributed by atoms with Gasteiger partial charge in [-0.05, 0) is 23.3 Å². The Bertz CT molecular complexity index is 1030. The molecule has 0 saturated heterocycles. The van der Waals surface area contributed by atoms with Gasteiger partial charge < -0.3 is 14.5 Å². The molecule has 0 aliphatic carbocycles. The van der Waals surface area contributed by atoms with Crippen molar-refractivity contribution in [3.63, 3.8) is 0 Å². The van der Waals surface area contributed by atoms with Crippen molar-refractivity contribution in [2.45, 2.75) is 32.2 Å². The van der Waals surface area contributed by atoms with Crippen molar-refractivity contribution < 1.29 is 35.9 Å². The first kappa shape index (κ1) is 23.4. The van der Waals surface area contributed by atoms with Crippen LogP contribution in [-0.4, -0.2) is 23.7 Å². The van der Waals surface area contributed by atoms with Crippen LogP contribution in [0.3, 0.4) is 0 Å². The molecule has 2 aromatic carbocycles. The molecule has 0 saturated carbocycles. The van der Waals surface area contributed by atoms with Gasteiger partial charge in [0.1, 0.15) is 18.2 Å². The Morgan fingerprint density at radius 1 is 1.03 bits per heavy atom. The summed E-state index contributed by atoms with van der Waals surface area (Å²) in [5.41, 5.74) is 1.02. The Labute approximate surface area is 180 Å². The van der Waals surface area contributed by atoms with Crippen LogP contribution in [0.2, 0.25) is 0 Å². The minimum absolute atomic E-state index is 0.0447. The van der Waals surface area contributed by atoms with Crippen LogP contribution < -0.4 is 5.32 Å². The first-order valence-corrected chi connectivity index (χ1v) is 9.59. The number of nitrogens with one attached hydrogen (secondary N) is 1. The van der Waals surface area contributed by atoms with Gasteiger partial charge in [0.05, 0.1) is 18.4 Å². The van der Waals surface area contributed by atoms with E-state index in [1.165, 1.54) is 12.3 Å². The zero-order chi connectivity index (χ0) is 23.1. The van der Waals surface area contributed by atoms with Crippen LogP contribution >= 0.6 is 0 Å². The van der Waals surface area contributed by atoms with Crippen LogP contribution in [-0.2, 0) is 29.1 Å². The molecular weight excluding hydrogens is 435 g/mol. The molecule has 10 heteroatoms. The third-order valence-electron chi connectivity index (χ3n) is 4.38. The van der Waals surface area contributed by atoms with E-state index < -0.39 is 24.4 Å². The number of hydrogen-bond acceptors (Lipinski definition) is 4. The fraction of sp³-hybridized carbons (Fsp3) is 0.273. The smallest absolute Gasteiger partial charge is 0.411 e. The summed E-state index contributed by atoms with van der Waals surface area (Å²) < 4.78 is 73.8. The molecule has 1 N–H and O–H groups in total. The van der Waals surface area contributed by atoms with Crippen LogP contribution in [0.1, 0.15) is 23.4 Å². The number of alkyl halides is 3. The lowest BCUT2D eigenvalue weighted by Gasteiger charge is -2.09. The van der Waals surface area contributed by atoms with Crippen LogP contribution in [0, 0.1) is 11.6 Å². The van der Waals surface area contributed by atoms with E-state index in [0.29, 0.717) is 5.56 Å². The fourth-order valence-electron chi connectivity index (χ4n) is 2.82. The molecule has 1 amide bonds. The number of carbonyl (C=O) groups excluding carboxylic acids is 1. The molecular formula is C22H19F5N2O3. The first-order chi connectivity index (χ1) is 15.2. The third-order valence-corrected chi connectivity index (χ3v) is 4.38. The van der Waals surface area contributed by atoms with Gasteiger partial charge in [0, 0.05) is 19.4 Å². The number of amides is 1. The summed E-state index contributed by atoms with van der Waals surface area (Å²) in [4.78, 5) is 16.0. The van der Waals surface area contributed by atoms with Gasteiger partial charge in [0.25, 0.3) is 0 Å². The summed E-state index contributed by atoms with van der Waals surface area (Å²) in [6, 6.07) is 10.0. The van der Waals surface area contributed by atoms with Gasteiger partial charge in [0.2, 0.25) is 5.91 Å². The van der Waals surface area contributed by atoms with Crippen molar-refractivity contribution in [3.8, 4) is 11.3 Å². The number of rotatable bonds is 9. The average molecular weight is 454 g/mol. The highest BCUT2D eigenvalue weighted by molar-refractivity contribution is 5.76. The predicted molar refractivity (Wildman–Crippen MR) is 104 cm³/mol. The summed E-state index contributed by atoms with van der Waals surface area (Å²) in [7, 11) is 0. The molecule has 0 atom stereocenters. The van der Waals surface area contributed by atoms with E-state index in [-0.39, 0.29) is 49.1 Å². The van der Waals surface area contributed by atoms with Crippen molar-refractivity contribution in [3.05, 3.63) is 77.3 Å². The third kappa shape index (κ3) is 6.88. The highest BCUT2D eigenvalue weighted by Crippen LogP contribution is 2.26. The molecule has 0 bridgehead atoms. The van der Waals surface area contributed by atoms with Crippen LogP contribution in [0.15, 0.2) is 53.1 Å². The van der Waals surface area contributed by atoms with Crippen molar-refractivity contribution in [2.24, 2.45) is 0 Å². The van der Waals surface area contributed by atoms with Crippen LogP contribution in [0.25, 0.3) is 11.3 Å². The number of aromatic nitrogens is 1. The van der Waals surface area contributed by atoms with Gasteiger partial charge in [-0.15, -0.1) is 0 Å². The quantitative estimate of drug-likeness (QED) is 0.465. The van der Waals surface area contributed by atoms with Crippen molar-refractivity contribution in [2.75, 3.05) is 6.61 Å². The minimum atomic E-state index is -4.37. The van der Waals surface area contributed by atoms with Gasteiger partial charge in [-0.3, -0.25) is 4.79 Å². The highest BCUT2D eigenvalue weighted by atomic mass is 19.4. The molecule has 3 rings (SSSR count). The number of hydrogen-bond donors (Lipinski definition) is 1. The van der Waals surface area contributed by atoms with Crippen molar-refractivity contribution in [1.82, 2.24) is 10.3 Å². The fourth-order valence-corrected chi connectivity index (χ4v) is 2.82. The molecule has 0 radical (unpaired) electrons. The second-order valence-electron chi connectivity index (χ2n) is 6.92. The van der Waals surface area contributed by atoms with Crippen molar-refractivity contribution >= 4 is 5.91 Å². The molecule has 0 fully saturated rings. The molecule has 32 heavy (non-hydrogen) atoms.